The molecule has 0 aromatic carbocycles. The van der Waals surface area contributed by atoms with Crippen LogP contribution < -0.4 is 9.62 Å². The average molecular weight is 354 g/mol. The lowest BCUT2D eigenvalue weighted by molar-refractivity contribution is -0.127. The van der Waals surface area contributed by atoms with Crippen molar-refractivity contribution in [3.8, 4) is 0 Å². The zero-order chi connectivity index (χ0) is 17.9. The monoisotopic (exact) mass is 354 g/mol. The minimum absolute atomic E-state index is 0.381. The first-order valence-corrected chi connectivity index (χ1v) is 9.71. The van der Waals surface area contributed by atoms with Crippen LogP contribution in [0.15, 0.2) is 12.3 Å². The zero-order valence-corrected chi connectivity index (χ0v) is 15.6. The summed E-state index contributed by atoms with van der Waals surface area (Å²) in [7, 11) is -0.736. The number of sulfonamides is 1. The SMILES string of the molecule is Cc1cc(NS(=O)(=O)C(C)C(=O)N(C)C)cnc1N1CCCCC1. The van der Waals surface area contributed by atoms with E-state index in [1.807, 2.05) is 6.92 Å². The molecule has 7 nitrogen and oxygen atoms in total. The normalized spacial score (nSPS) is 16.6. The molecular weight excluding hydrogens is 328 g/mol. The van der Waals surface area contributed by atoms with E-state index in [0.717, 1.165) is 37.3 Å². The number of carbonyl (C=O) groups excluding carboxylic acids is 1. The molecule has 0 spiro atoms. The van der Waals surface area contributed by atoms with Crippen molar-refractivity contribution in [2.45, 2.75) is 38.4 Å². The number of anilines is 2. The number of pyridine rings is 1. The van der Waals surface area contributed by atoms with E-state index < -0.39 is 21.2 Å². The lowest BCUT2D eigenvalue weighted by Crippen LogP contribution is -2.39. The van der Waals surface area contributed by atoms with Gasteiger partial charge in [-0.2, -0.15) is 0 Å². The van der Waals surface area contributed by atoms with Crippen molar-refractivity contribution in [1.29, 1.82) is 0 Å². The van der Waals surface area contributed by atoms with Gasteiger partial charge in [0.15, 0.2) is 5.25 Å². The molecule has 1 unspecified atom stereocenters. The van der Waals surface area contributed by atoms with Crippen LogP contribution in [-0.4, -0.2) is 56.6 Å². The van der Waals surface area contributed by atoms with Crippen LogP contribution in [0.4, 0.5) is 11.5 Å². The van der Waals surface area contributed by atoms with E-state index in [1.165, 1.54) is 38.5 Å². The number of hydrogen-bond acceptors (Lipinski definition) is 5. The lowest BCUT2D eigenvalue weighted by atomic mass is 10.1. The van der Waals surface area contributed by atoms with Crippen LogP contribution in [0.2, 0.25) is 0 Å². The highest BCUT2D eigenvalue weighted by molar-refractivity contribution is 7.94. The Hall–Kier alpha value is -1.83. The summed E-state index contributed by atoms with van der Waals surface area (Å²) in [4.78, 5) is 19.8. The molecule has 1 N–H and O–H groups in total. The van der Waals surface area contributed by atoms with Crippen LogP contribution in [-0.2, 0) is 14.8 Å². The van der Waals surface area contributed by atoms with Crippen LogP contribution in [0.25, 0.3) is 0 Å². The van der Waals surface area contributed by atoms with Gasteiger partial charge in [-0.3, -0.25) is 9.52 Å². The number of aromatic nitrogens is 1. The van der Waals surface area contributed by atoms with Crippen LogP contribution >= 0.6 is 0 Å². The Bertz CT molecular complexity index is 697. The molecule has 1 aliphatic rings. The molecule has 2 heterocycles. The Morgan fingerprint density at radius 2 is 1.92 bits per heavy atom. The molecule has 1 aliphatic heterocycles. The Labute approximate surface area is 144 Å². The summed E-state index contributed by atoms with van der Waals surface area (Å²) in [5.41, 5.74) is 1.30. The first-order chi connectivity index (χ1) is 11.2. The summed E-state index contributed by atoms with van der Waals surface area (Å²) < 4.78 is 27.2. The van der Waals surface area contributed by atoms with Gasteiger partial charge in [0.1, 0.15) is 5.82 Å². The number of nitrogens with one attached hydrogen (secondary N) is 1. The van der Waals surface area contributed by atoms with E-state index in [1.54, 1.807) is 6.07 Å². The van der Waals surface area contributed by atoms with Gasteiger partial charge in [0, 0.05) is 27.2 Å². The van der Waals surface area contributed by atoms with Gasteiger partial charge in [0.2, 0.25) is 15.9 Å². The van der Waals surface area contributed by atoms with E-state index >= 15 is 0 Å². The lowest BCUT2D eigenvalue weighted by Gasteiger charge is -2.29. The molecule has 1 aromatic heterocycles. The van der Waals surface area contributed by atoms with Crippen molar-refractivity contribution >= 4 is 27.4 Å². The third-order valence-corrected chi connectivity index (χ3v) is 5.87. The number of piperidine rings is 1. The third-order valence-electron chi connectivity index (χ3n) is 4.22. The molecular formula is C16H26N4O3S. The van der Waals surface area contributed by atoms with Gasteiger partial charge in [-0.15, -0.1) is 0 Å². The predicted molar refractivity (Wildman–Crippen MR) is 95.7 cm³/mol. The van der Waals surface area contributed by atoms with Crippen LogP contribution in [0, 0.1) is 6.92 Å². The van der Waals surface area contributed by atoms with E-state index in [-0.39, 0.29) is 0 Å². The van der Waals surface area contributed by atoms with Gasteiger partial charge < -0.3 is 9.80 Å². The largest absolute Gasteiger partial charge is 0.356 e. The molecule has 1 fully saturated rings. The fourth-order valence-electron chi connectivity index (χ4n) is 2.81. The second kappa shape index (κ2) is 7.38. The van der Waals surface area contributed by atoms with Gasteiger partial charge in [-0.25, -0.2) is 13.4 Å². The van der Waals surface area contributed by atoms with Crippen molar-refractivity contribution < 1.29 is 13.2 Å². The minimum atomic E-state index is -3.81. The van der Waals surface area contributed by atoms with Crippen molar-refractivity contribution in [2.75, 3.05) is 36.8 Å². The van der Waals surface area contributed by atoms with Crippen LogP contribution in [0.3, 0.4) is 0 Å². The van der Waals surface area contributed by atoms with Gasteiger partial charge in [0.25, 0.3) is 0 Å². The standard InChI is InChI=1S/C16H26N4O3S/c1-12-10-14(11-17-15(12)20-8-6-5-7-9-20)18-24(22,23)13(2)16(21)19(3)4/h10-11,13,18H,5-9H2,1-4H3. The minimum Gasteiger partial charge on any atom is -0.356 e. The maximum atomic E-state index is 12.3. The molecule has 0 radical (unpaired) electrons. The molecule has 1 aromatic rings. The van der Waals surface area contributed by atoms with Crippen LogP contribution in [0.5, 0.6) is 0 Å². The summed E-state index contributed by atoms with van der Waals surface area (Å²) in [5, 5.41) is -1.16. The molecule has 2 rings (SSSR count). The summed E-state index contributed by atoms with van der Waals surface area (Å²) >= 11 is 0. The van der Waals surface area contributed by atoms with Gasteiger partial charge in [0.05, 0.1) is 11.9 Å². The number of amides is 1. The third kappa shape index (κ3) is 4.17. The number of rotatable bonds is 5. The number of nitrogens with zero attached hydrogens (tertiary/aromatic N) is 3. The van der Waals surface area contributed by atoms with E-state index in [9.17, 15) is 13.2 Å². The molecule has 0 aliphatic carbocycles. The Kier molecular flexibility index (Phi) is 5.69. The second-order valence-corrected chi connectivity index (χ2v) is 8.44. The second-order valence-electron chi connectivity index (χ2n) is 6.43. The zero-order valence-electron chi connectivity index (χ0n) is 14.7. The number of carbonyl (C=O) groups is 1. The van der Waals surface area contributed by atoms with Gasteiger partial charge >= 0.3 is 0 Å². The van der Waals surface area contributed by atoms with E-state index in [0.29, 0.717) is 5.69 Å². The number of aryl methyl sites for hydroxylation is 1. The molecule has 24 heavy (non-hydrogen) atoms. The van der Waals surface area contributed by atoms with E-state index in [2.05, 4.69) is 14.6 Å². The summed E-state index contributed by atoms with van der Waals surface area (Å²) in [5.74, 6) is 0.437. The maximum Gasteiger partial charge on any atom is 0.244 e. The molecule has 8 heteroatoms. The Balaban J connectivity index is 2.15. The van der Waals surface area contributed by atoms with Crippen molar-refractivity contribution in [3.05, 3.63) is 17.8 Å². The quantitative estimate of drug-likeness (QED) is 0.868. The summed E-state index contributed by atoms with van der Waals surface area (Å²) in [6, 6.07) is 1.77. The van der Waals surface area contributed by atoms with Crippen molar-refractivity contribution in [1.82, 2.24) is 9.88 Å². The van der Waals surface area contributed by atoms with Crippen LogP contribution in [0.1, 0.15) is 31.7 Å². The van der Waals surface area contributed by atoms with Crippen molar-refractivity contribution in [3.63, 3.8) is 0 Å². The highest BCUT2D eigenvalue weighted by Crippen LogP contribution is 2.24. The number of hydrogen-bond donors (Lipinski definition) is 1. The van der Waals surface area contributed by atoms with Gasteiger partial charge in [-0.1, -0.05) is 0 Å². The Morgan fingerprint density at radius 3 is 2.46 bits per heavy atom. The maximum absolute atomic E-state index is 12.3. The molecule has 1 saturated heterocycles. The summed E-state index contributed by atoms with van der Waals surface area (Å²) in [6.07, 6.45) is 5.06. The first-order valence-electron chi connectivity index (χ1n) is 8.17. The highest BCUT2D eigenvalue weighted by Gasteiger charge is 2.29. The Morgan fingerprint density at radius 1 is 1.29 bits per heavy atom. The molecule has 0 bridgehead atoms. The fraction of sp³-hybridized carbons (Fsp3) is 0.625. The molecule has 134 valence electrons. The summed E-state index contributed by atoms with van der Waals surface area (Å²) in [6.45, 7) is 5.26. The van der Waals surface area contributed by atoms with E-state index in [4.69, 9.17) is 0 Å². The fourth-order valence-corrected chi connectivity index (χ4v) is 3.90. The average Bonchev–Trinajstić information content (AvgIpc) is 2.53. The predicted octanol–water partition coefficient (Wildman–Crippen LogP) is 1.60. The topological polar surface area (TPSA) is 82.6 Å². The first kappa shape index (κ1) is 18.5. The van der Waals surface area contributed by atoms with Crippen molar-refractivity contribution in [2.24, 2.45) is 0 Å². The molecule has 1 atom stereocenters. The highest BCUT2D eigenvalue weighted by atomic mass is 32.2. The molecule has 1 amide bonds. The van der Waals surface area contributed by atoms with Gasteiger partial charge in [-0.05, 0) is 44.7 Å². The smallest absolute Gasteiger partial charge is 0.244 e. The molecule has 0 saturated carbocycles.